The van der Waals surface area contributed by atoms with Crippen molar-refractivity contribution < 1.29 is 9.53 Å². The summed E-state index contributed by atoms with van der Waals surface area (Å²) in [6.07, 6.45) is 5.24. The van der Waals surface area contributed by atoms with Crippen LogP contribution in [0.1, 0.15) is 34.8 Å². The van der Waals surface area contributed by atoms with Crippen LogP contribution in [-0.4, -0.2) is 41.3 Å². The molecular weight excluding hydrogens is 404 g/mol. The monoisotopic (exact) mass is 426 g/mol. The molecule has 3 aromatic rings. The highest BCUT2D eigenvalue weighted by Crippen LogP contribution is 2.33. The summed E-state index contributed by atoms with van der Waals surface area (Å²) in [6.45, 7) is 1.50. The molecule has 0 unspecified atom stereocenters. The number of para-hydroxylation sites is 1. The second-order valence-corrected chi connectivity index (χ2v) is 7.42. The molecule has 0 spiro atoms. The van der Waals surface area contributed by atoms with Crippen LogP contribution in [0.3, 0.4) is 0 Å². The van der Waals surface area contributed by atoms with Crippen LogP contribution in [-0.2, 0) is 4.74 Å². The van der Waals surface area contributed by atoms with Crippen molar-refractivity contribution in [1.29, 1.82) is 0 Å². The summed E-state index contributed by atoms with van der Waals surface area (Å²) in [5, 5.41) is 17.0. The number of anilines is 4. The SMILES string of the molecule is CNC(=O)c1ccccc1Nc1cc(Nc2cn[nH]c2C2CCOCC2)ncc1Cl. The molecule has 2 aromatic heterocycles. The second-order valence-electron chi connectivity index (χ2n) is 7.01. The van der Waals surface area contributed by atoms with Gasteiger partial charge in [-0.1, -0.05) is 23.7 Å². The number of halogens is 1. The van der Waals surface area contributed by atoms with Crippen LogP contribution >= 0.6 is 11.6 Å². The zero-order valence-corrected chi connectivity index (χ0v) is 17.3. The molecule has 1 amide bonds. The molecule has 0 aliphatic carbocycles. The van der Waals surface area contributed by atoms with Crippen LogP contribution < -0.4 is 16.0 Å². The quantitative estimate of drug-likeness (QED) is 0.471. The summed E-state index contributed by atoms with van der Waals surface area (Å²) in [5.41, 5.74) is 3.76. The minimum absolute atomic E-state index is 0.180. The van der Waals surface area contributed by atoms with Gasteiger partial charge in [-0.2, -0.15) is 5.10 Å². The lowest BCUT2D eigenvalue weighted by atomic mass is 9.96. The number of pyridine rings is 1. The lowest BCUT2D eigenvalue weighted by Gasteiger charge is -2.22. The van der Waals surface area contributed by atoms with Gasteiger partial charge < -0.3 is 20.7 Å². The van der Waals surface area contributed by atoms with Crippen molar-refractivity contribution in [2.75, 3.05) is 30.9 Å². The van der Waals surface area contributed by atoms with Crippen LogP contribution in [0.15, 0.2) is 42.7 Å². The van der Waals surface area contributed by atoms with E-state index in [-0.39, 0.29) is 5.91 Å². The van der Waals surface area contributed by atoms with E-state index in [0.717, 1.165) is 37.4 Å². The lowest BCUT2D eigenvalue weighted by molar-refractivity contribution is 0.0846. The molecule has 1 aliphatic rings. The minimum atomic E-state index is -0.180. The Morgan fingerprint density at radius 3 is 2.73 bits per heavy atom. The lowest BCUT2D eigenvalue weighted by Crippen LogP contribution is -2.19. The van der Waals surface area contributed by atoms with Crippen molar-refractivity contribution in [3.05, 3.63) is 59.0 Å². The predicted octanol–water partition coefficient (Wildman–Crippen LogP) is 4.20. The molecule has 156 valence electrons. The Morgan fingerprint density at radius 2 is 1.93 bits per heavy atom. The fourth-order valence-corrected chi connectivity index (χ4v) is 3.65. The van der Waals surface area contributed by atoms with Gasteiger partial charge >= 0.3 is 0 Å². The van der Waals surface area contributed by atoms with E-state index in [0.29, 0.717) is 33.7 Å². The zero-order valence-electron chi connectivity index (χ0n) is 16.5. The highest BCUT2D eigenvalue weighted by Gasteiger charge is 2.21. The number of H-pyrrole nitrogens is 1. The van der Waals surface area contributed by atoms with E-state index in [1.54, 1.807) is 25.5 Å². The van der Waals surface area contributed by atoms with Gasteiger partial charge in [0, 0.05) is 32.2 Å². The van der Waals surface area contributed by atoms with Gasteiger partial charge in [0.1, 0.15) is 5.82 Å². The number of aromatic nitrogens is 3. The standard InChI is InChI=1S/C21H23ClN6O2/c1-23-21(29)14-4-2-3-5-16(14)26-17-10-19(24-11-15(17)22)27-18-12-25-28-20(18)13-6-8-30-9-7-13/h2-5,10-13H,6-9H2,1H3,(H,23,29)(H,25,28)(H2,24,26,27). The molecule has 4 rings (SSSR count). The largest absolute Gasteiger partial charge is 0.381 e. The molecule has 0 bridgehead atoms. The van der Waals surface area contributed by atoms with Crippen molar-refractivity contribution in [1.82, 2.24) is 20.5 Å². The van der Waals surface area contributed by atoms with Gasteiger partial charge in [-0.05, 0) is 25.0 Å². The Labute approximate surface area is 179 Å². The topological polar surface area (TPSA) is 104 Å². The van der Waals surface area contributed by atoms with Crippen LogP contribution in [0.4, 0.5) is 22.9 Å². The van der Waals surface area contributed by atoms with E-state index in [4.69, 9.17) is 16.3 Å². The summed E-state index contributed by atoms with van der Waals surface area (Å²) < 4.78 is 5.46. The first kappa shape index (κ1) is 20.2. The van der Waals surface area contributed by atoms with Gasteiger partial charge in [-0.25, -0.2) is 4.98 Å². The first-order valence-electron chi connectivity index (χ1n) is 9.77. The summed E-state index contributed by atoms with van der Waals surface area (Å²) in [7, 11) is 1.60. The number of ether oxygens (including phenoxy) is 1. The first-order chi connectivity index (χ1) is 14.7. The number of aromatic amines is 1. The molecule has 0 radical (unpaired) electrons. The second kappa shape index (κ2) is 9.15. The van der Waals surface area contributed by atoms with E-state index < -0.39 is 0 Å². The van der Waals surface area contributed by atoms with Gasteiger partial charge in [0.05, 0.1) is 45.7 Å². The van der Waals surface area contributed by atoms with Crippen LogP contribution in [0.2, 0.25) is 5.02 Å². The minimum Gasteiger partial charge on any atom is -0.381 e. The Morgan fingerprint density at radius 1 is 1.13 bits per heavy atom. The Hall–Kier alpha value is -3.10. The van der Waals surface area contributed by atoms with E-state index >= 15 is 0 Å². The molecule has 1 saturated heterocycles. The maximum Gasteiger partial charge on any atom is 0.253 e. The number of hydrogen-bond donors (Lipinski definition) is 4. The number of nitrogens with zero attached hydrogens (tertiary/aromatic N) is 2. The molecule has 3 heterocycles. The number of hydrogen-bond acceptors (Lipinski definition) is 6. The van der Waals surface area contributed by atoms with Gasteiger partial charge in [0.15, 0.2) is 0 Å². The van der Waals surface area contributed by atoms with Gasteiger partial charge in [0.2, 0.25) is 0 Å². The summed E-state index contributed by atoms with van der Waals surface area (Å²) in [6, 6.07) is 9.06. The van der Waals surface area contributed by atoms with Crippen molar-refractivity contribution in [2.24, 2.45) is 0 Å². The smallest absolute Gasteiger partial charge is 0.253 e. The molecular formula is C21H23ClN6O2. The number of amides is 1. The molecule has 9 heteroatoms. The third-order valence-electron chi connectivity index (χ3n) is 5.08. The number of rotatable bonds is 6. The molecule has 1 aromatic carbocycles. The number of nitrogens with one attached hydrogen (secondary N) is 4. The van der Waals surface area contributed by atoms with Crippen molar-refractivity contribution >= 4 is 40.4 Å². The van der Waals surface area contributed by atoms with E-state index in [1.165, 1.54) is 0 Å². The third-order valence-corrected chi connectivity index (χ3v) is 5.39. The van der Waals surface area contributed by atoms with E-state index in [1.807, 2.05) is 24.3 Å². The fraction of sp³-hybridized carbons (Fsp3) is 0.286. The van der Waals surface area contributed by atoms with E-state index in [9.17, 15) is 4.79 Å². The van der Waals surface area contributed by atoms with Crippen molar-refractivity contribution in [2.45, 2.75) is 18.8 Å². The third kappa shape index (κ3) is 4.39. The molecule has 0 atom stereocenters. The molecule has 4 N–H and O–H groups in total. The fourth-order valence-electron chi connectivity index (χ4n) is 3.50. The highest BCUT2D eigenvalue weighted by molar-refractivity contribution is 6.33. The normalized spacial score (nSPS) is 14.3. The highest BCUT2D eigenvalue weighted by atomic mass is 35.5. The average molecular weight is 427 g/mol. The molecule has 8 nitrogen and oxygen atoms in total. The molecule has 1 aliphatic heterocycles. The molecule has 1 fully saturated rings. The van der Waals surface area contributed by atoms with Crippen molar-refractivity contribution in [3.8, 4) is 0 Å². The molecule has 30 heavy (non-hydrogen) atoms. The predicted molar refractivity (Wildman–Crippen MR) is 117 cm³/mol. The number of carbonyl (C=O) groups is 1. The van der Waals surface area contributed by atoms with Crippen LogP contribution in [0.25, 0.3) is 0 Å². The van der Waals surface area contributed by atoms with Crippen LogP contribution in [0.5, 0.6) is 0 Å². The zero-order chi connectivity index (χ0) is 20.9. The maximum atomic E-state index is 12.1. The molecule has 0 saturated carbocycles. The summed E-state index contributed by atoms with van der Waals surface area (Å²) >= 11 is 6.36. The average Bonchev–Trinajstić information content (AvgIpc) is 3.24. The summed E-state index contributed by atoms with van der Waals surface area (Å²) in [5.74, 6) is 0.809. The maximum absolute atomic E-state index is 12.1. The number of carbonyl (C=O) groups excluding carboxylic acids is 1. The summed E-state index contributed by atoms with van der Waals surface area (Å²) in [4.78, 5) is 16.5. The van der Waals surface area contributed by atoms with Gasteiger partial charge in [-0.3, -0.25) is 9.89 Å². The van der Waals surface area contributed by atoms with Gasteiger partial charge in [-0.15, -0.1) is 0 Å². The Balaban J connectivity index is 1.57. The van der Waals surface area contributed by atoms with Gasteiger partial charge in [0.25, 0.3) is 5.91 Å². The Bertz CT molecular complexity index is 1030. The first-order valence-corrected chi connectivity index (χ1v) is 10.1. The number of benzene rings is 1. The van der Waals surface area contributed by atoms with Crippen LogP contribution in [0, 0.1) is 0 Å². The van der Waals surface area contributed by atoms with E-state index in [2.05, 4.69) is 31.1 Å². The Kier molecular flexibility index (Phi) is 6.15. The van der Waals surface area contributed by atoms with Crippen molar-refractivity contribution in [3.63, 3.8) is 0 Å².